The van der Waals surface area contributed by atoms with Crippen molar-refractivity contribution >= 4 is 5.78 Å². The number of hydrogen-bond acceptors (Lipinski definition) is 2. The number of ether oxygens (including phenoxy) is 1. The molecule has 19 heavy (non-hydrogen) atoms. The van der Waals surface area contributed by atoms with E-state index in [1.807, 2.05) is 6.92 Å². The molecule has 0 amide bonds. The van der Waals surface area contributed by atoms with E-state index in [2.05, 4.69) is 4.74 Å². The third-order valence-corrected chi connectivity index (χ3v) is 2.69. The molecule has 0 fully saturated rings. The maximum Gasteiger partial charge on any atom is 0.461 e. The van der Waals surface area contributed by atoms with E-state index < -0.39 is 18.3 Å². The Morgan fingerprint density at radius 2 is 2.00 bits per heavy atom. The maximum atomic E-state index is 12.7. The fourth-order valence-electron chi connectivity index (χ4n) is 1.38. The first-order valence-corrected chi connectivity index (χ1v) is 5.77. The Morgan fingerprint density at radius 1 is 1.37 bits per heavy atom. The minimum atomic E-state index is -4.57. The van der Waals surface area contributed by atoms with Crippen LogP contribution in [-0.2, 0) is 0 Å². The minimum absolute atomic E-state index is 0.164. The highest BCUT2D eigenvalue weighted by Gasteiger charge is 2.44. The van der Waals surface area contributed by atoms with E-state index in [1.54, 1.807) is 6.92 Å². The molecule has 0 bridgehead atoms. The lowest BCUT2D eigenvalue weighted by molar-refractivity contribution is -0.253. The molecular weight excluding hydrogens is 264 g/mol. The van der Waals surface area contributed by atoms with Crippen molar-refractivity contribution in [3.63, 3.8) is 0 Å². The Kier molecular flexibility index (Phi) is 4.91. The van der Waals surface area contributed by atoms with Crippen LogP contribution in [-0.4, -0.2) is 18.3 Å². The Bertz CT molecular complexity index is 446. The summed E-state index contributed by atoms with van der Waals surface area (Å²) in [5.41, 5.74) is 0.164. The molecule has 106 valence electrons. The third-order valence-electron chi connectivity index (χ3n) is 2.69. The average molecular weight is 278 g/mol. The molecule has 1 rings (SSSR count). The molecule has 1 atom stereocenters. The summed E-state index contributed by atoms with van der Waals surface area (Å²) in [7, 11) is 0. The average Bonchev–Trinajstić information content (AvgIpc) is 2.36. The summed E-state index contributed by atoms with van der Waals surface area (Å²) in [6.07, 6.45) is -7.91. The number of alkyl halides is 4. The molecule has 2 nitrogen and oxygen atoms in total. The predicted octanol–water partition coefficient (Wildman–Crippen LogP) is 4.15. The van der Waals surface area contributed by atoms with Crippen LogP contribution < -0.4 is 4.74 Å². The molecule has 0 saturated heterocycles. The van der Waals surface area contributed by atoms with Gasteiger partial charge in [-0.3, -0.25) is 4.79 Å². The summed E-state index contributed by atoms with van der Waals surface area (Å²) in [6.45, 7) is 3.51. The van der Waals surface area contributed by atoms with Crippen LogP contribution in [0.1, 0.15) is 30.6 Å². The Balaban J connectivity index is 2.92. The largest absolute Gasteiger partial charge is 0.461 e. The van der Waals surface area contributed by atoms with Crippen molar-refractivity contribution in [2.75, 3.05) is 0 Å². The summed E-state index contributed by atoms with van der Waals surface area (Å²) in [5, 5.41) is 0. The first-order valence-electron chi connectivity index (χ1n) is 5.77. The molecular formula is C13H14F4O2. The molecule has 0 heterocycles. The van der Waals surface area contributed by atoms with Crippen molar-refractivity contribution in [1.82, 2.24) is 0 Å². The number of carbonyl (C=O) groups excluding carboxylic acids is 1. The van der Waals surface area contributed by atoms with Gasteiger partial charge < -0.3 is 4.74 Å². The molecule has 1 unspecified atom stereocenters. The smallest absolute Gasteiger partial charge is 0.428 e. The lowest BCUT2D eigenvalue weighted by Gasteiger charge is -2.17. The molecule has 0 spiro atoms. The first kappa shape index (κ1) is 15.5. The number of rotatable bonds is 6. The summed E-state index contributed by atoms with van der Waals surface area (Å²) in [4.78, 5) is 11.8. The van der Waals surface area contributed by atoms with Gasteiger partial charge in [0, 0.05) is 11.5 Å². The number of Topliss-reactive ketones (excluding diaryl/α,β-unsaturated/α-hetero) is 1. The number of hydrogen-bond donors (Lipinski definition) is 0. The highest BCUT2D eigenvalue weighted by Crippen LogP contribution is 2.28. The topological polar surface area (TPSA) is 26.3 Å². The van der Waals surface area contributed by atoms with E-state index in [4.69, 9.17) is 0 Å². The normalized spacial score (nSPS) is 13.4. The van der Waals surface area contributed by atoms with Crippen molar-refractivity contribution in [3.05, 3.63) is 29.8 Å². The van der Waals surface area contributed by atoms with E-state index in [-0.39, 0.29) is 17.3 Å². The lowest BCUT2D eigenvalue weighted by Crippen LogP contribution is -2.33. The quantitative estimate of drug-likeness (QED) is 0.577. The van der Waals surface area contributed by atoms with Crippen LogP contribution in [0.15, 0.2) is 24.3 Å². The van der Waals surface area contributed by atoms with Gasteiger partial charge in [-0.15, -0.1) is 0 Å². The van der Waals surface area contributed by atoms with E-state index in [0.29, 0.717) is 6.42 Å². The van der Waals surface area contributed by atoms with Gasteiger partial charge in [0.1, 0.15) is 5.75 Å². The molecule has 0 saturated carbocycles. The molecule has 0 aliphatic rings. The van der Waals surface area contributed by atoms with Crippen LogP contribution in [0.5, 0.6) is 5.75 Å². The van der Waals surface area contributed by atoms with Gasteiger partial charge in [0.25, 0.3) is 0 Å². The molecule has 0 aliphatic heterocycles. The third kappa shape index (κ3) is 3.94. The summed E-state index contributed by atoms with van der Waals surface area (Å²) in [5.74, 6) is -0.973. The number of ketones is 1. The second-order valence-electron chi connectivity index (χ2n) is 4.17. The minimum Gasteiger partial charge on any atom is -0.428 e. The van der Waals surface area contributed by atoms with Crippen molar-refractivity contribution in [2.45, 2.75) is 32.8 Å². The Morgan fingerprint density at radius 3 is 2.53 bits per heavy atom. The van der Waals surface area contributed by atoms with Gasteiger partial charge in [0.2, 0.25) is 0 Å². The van der Waals surface area contributed by atoms with Crippen LogP contribution in [0.3, 0.4) is 0 Å². The predicted molar refractivity (Wildman–Crippen MR) is 61.8 cm³/mol. The number of benzene rings is 1. The Hall–Kier alpha value is -1.59. The zero-order valence-corrected chi connectivity index (χ0v) is 10.5. The summed E-state index contributed by atoms with van der Waals surface area (Å²) >= 11 is 0. The van der Waals surface area contributed by atoms with Gasteiger partial charge in [-0.05, 0) is 18.6 Å². The van der Waals surface area contributed by atoms with Crippen LogP contribution in [0.25, 0.3) is 0 Å². The van der Waals surface area contributed by atoms with Gasteiger partial charge in [0.05, 0.1) is 0 Å². The Labute approximate surface area is 108 Å². The lowest BCUT2D eigenvalue weighted by atomic mass is 9.97. The SMILES string of the molecule is CCC(C)C(=O)c1cccc(OC(F)(F)C(F)F)c1. The molecule has 1 aromatic carbocycles. The van der Waals surface area contributed by atoms with E-state index in [9.17, 15) is 22.4 Å². The molecule has 0 N–H and O–H groups in total. The van der Waals surface area contributed by atoms with Gasteiger partial charge >= 0.3 is 12.5 Å². The van der Waals surface area contributed by atoms with Crippen LogP contribution in [0.2, 0.25) is 0 Å². The standard InChI is InChI=1S/C13H14F4O2/c1-3-8(2)11(18)9-5-4-6-10(7-9)19-13(16,17)12(14)15/h4-8,12H,3H2,1-2H3. The zero-order chi connectivity index (χ0) is 14.6. The van der Waals surface area contributed by atoms with Crippen molar-refractivity contribution < 1.29 is 27.1 Å². The monoisotopic (exact) mass is 278 g/mol. The molecule has 1 aromatic rings. The van der Waals surface area contributed by atoms with E-state index in [1.165, 1.54) is 12.1 Å². The van der Waals surface area contributed by atoms with Crippen molar-refractivity contribution in [3.8, 4) is 5.75 Å². The maximum absolute atomic E-state index is 12.7. The van der Waals surface area contributed by atoms with Crippen molar-refractivity contribution in [2.24, 2.45) is 5.92 Å². The van der Waals surface area contributed by atoms with Gasteiger partial charge in [-0.25, -0.2) is 0 Å². The first-order chi connectivity index (χ1) is 8.77. The highest BCUT2D eigenvalue weighted by molar-refractivity contribution is 5.97. The molecule has 0 radical (unpaired) electrons. The van der Waals surface area contributed by atoms with Gasteiger partial charge in [-0.1, -0.05) is 26.0 Å². The molecule has 6 heteroatoms. The van der Waals surface area contributed by atoms with Crippen LogP contribution >= 0.6 is 0 Å². The van der Waals surface area contributed by atoms with Gasteiger partial charge in [-0.2, -0.15) is 17.6 Å². The summed E-state index contributed by atoms with van der Waals surface area (Å²) in [6, 6.07) is 4.89. The fourth-order valence-corrected chi connectivity index (χ4v) is 1.38. The van der Waals surface area contributed by atoms with Crippen LogP contribution in [0.4, 0.5) is 17.6 Å². The molecule has 0 aliphatic carbocycles. The summed E-state index contributed by atoms with van der Waals surface area (Å²) < 4.78 is 53.4. The van der Waals surface area contributed by atoms with Gasteiger partial charge in [0.15, 0.2) is 5.78 Å². The second-order valence-corrected chi connectivity index (χ2v) is 4.17. The molecule has 0 aromatic heterocycles. The number of halogens is 4. The number of carbonyl (C=O) groups is 1. The second kappa shape index (κ2) is 6.04. The van der Waals surface area contributed by atoms with E-state index in [0.717, 1.165) is 12.1 Å². The van der Waals surface area contributed by atoms with E-state index >= 15 is 0 Å². The highest BCUT2D eigenvalue weighted by atomic mass is 19.3. The fraction of sp³-hybridized carbons (Fsp3) is 0.462. The van der Waals surface area contributed by atoms with Crippen LogP contribution in [0, 0.1) is 5.92 Å². The zero-order valence-electron chi connectivity index (χ0n) is 10.5. The van der Waals surface area contributed by atoms with Crippen molar-refractivity contribution in [1.29, 1.82) is 0 Å².